The van der Waals surface area contributed by atoms with Gasteiger partial charge in [-0.3, -0.25) is 0 Å². The molecule has 2 atom stereocenters. The Morgan fingerprint density at radius 1 is 1.64 bits per heavy atom. The number of ether oxygens (including phenoxy) is 1. The van der Waals surface area contributed by atoms with Crippen LogP contribution in [0.2, 0.25) is 0 Å². The molecule has 0 saturated heterocycles. The molecule has 0 aliphatic heterocycles. The number of nitrogens with one attached hydrogen (secondary N) is 1. The number of halogens is 1. The van der Waals surface area contributed by atoms with Crippen molar-refractivity contribution in [3.63, 3.8) is 0 Å². The summed E-state index contributed by atoms with van der Waals surface area (Å²) in [6, 6.07) is 0. The summed E-state index contributed by atoms with van der Waals surface area (Å²) in [7, 11) is 0. The van der Waals surface area contributed by atoms with Crippen LogP contribution in [-0.2, 0) is 4.74 Å². The van der Waals surface area contributed by atoms with Crippen LogP contribution in [0.25, 0.3) is 0 Å². The van der Waals surface area contributed by atoms with Gasteiger partial charge >= 0.3 is 6.09 Å². The van der Waals surface area contributed by atoms with Gasteiger partial charge in [-0.2, -0.15) is 0 Å². The monoisotopic (exact) mass is 263 g/mol. The molecule has 0 aromatic rings. The molecule has 1 aliphatic carbocycles. The van der Waals surface area contributed by atoms with Gasteiger partial charge in [-0.15, -0.1) is 0 Å². The lowest BCUT2D eigenvalue weighted by atomic mass is 10.2. The van der Waals surface area contributed by atoms with Gasteiger partial charge in [0, 0.05) is 10.9 Å². The molecule has 1 amide bonds. The predicted molar refractivity (Wildman–Crippen MR) is 59.7 cm³/mol. The Labute approximate surface area is 93.7 Å². The van der Waals surface area contributed by atoms with E-state index in [9.17, 15) is 4.79 Å². The number of hydrogen-bond acceptors (Lipinski definition) is 2. The molecular formula is C10H18BrNO2. The molecule has 0 aromatic heterocycles. The van der Waals surface area contributed by atoms with E-state index in [1.54, 1.807) is 0 Å². The third-order valence-electron chi connectivity index (χ3n) is 2.38. The van der Waals surface area contributed by atoms with Gasteiger partial charge in [0.05, 0.1) is 0 Å². The van der Waals surface area contributed by atoms with Crippen LogP contribution in [0.5, 0.6) is 0 Å². The van der Waals surface area contributed by atoms with Crippen LogP contribution < -0.4 is 5.32 Å². The molecule has 82 valence electrons. The fourth-order valence-electron chi connectivity index (χ4n) is 1.37. The number of rotatable bonds is 2. The van der Waals surface area contributed by atoms with Crippen molar-refractivity contribution in [3.8, 4) is 0 Å². The highest BCUT2D eigenvalue weighted by Gasteiger charge is 2.50. The van der Waals surface area contributed by atoms with E-state index < -0.39 is 5.60 Å². The molecule has 1 N–H and O–H groups in total. The van der Waals surface area contributed by atoms with Crippen molar-refractivity contribution in [2.24, 2.45) is 5.92 Å². The summed E-state index contributed by atoms with van der Waals surface area (Å²) in [5, 5.41) is 3.83. The second kappa shape index (κ2) is 3.72. The molecule has 1 saturated carbocycles. The summed E-state index contributed by atoms with van der Waals surface area (Å²) < 4.78 is 5.18. The van der Waals surface area contributed by atoms with Crippen LogP contribution in [0.4, 0.5) is 4.79 Å². The van der Waals surface area contributed by atoms with Crippen molar-refractivity contribution in [3.05, 3.63) is 0 Å². The van der Waals surface area contributed by atoms with Crippen LogP contribution in [0, 0.1) is 5.92 Å². The van der Waals surface area contributed by atoms with Gasteiger partial charge < -0.3 is 10.1 Å². The largest absolute Gasteiger partial charge is 0.444 e. The molecular weight excluding hydrogens is 246 g/mol. The first-order valence-electron chi connectivity index (χ1n) is 4.84. The second-order valence-corrected chi connectivity index (χ2v) is 5.75. The zero-order chi connectivity index (χ0) is 11.0. The smallest absolute Gasteiger partial charge is 0.408 e. The first-order valence-corrected chi connectivity index (χ1v) is 5.96. The molecule has 0 spiro atoms. The number of alkyl carbamates (subject to hydrolysis) is 1. The SMILES string of the molecule is CC(C)(C)OC(=O)N[C@@]1(C)C[C@H]1CBr. The van der Waals surface area contributed by atoms with Crippen LogP contribution >= 0.6 is 15.9 Å². The maximum atomic E-state index is 11.4. The van der Waals surface area contributed by atoms with Gasteiger partial charge in [-0.1, -0.05) is 15.9 Å². The summed E-state index contributed by atoms with van der Waals surface area (Å²) in [6.45, 7) is 7.64. The minimum absolute atomic E-state index is 0.0637. The number of carbonyl (C=O) groups excluding carboxylic acids is 1. The Bertz CT molecular complexity index is 237. The van der Waals surface area contributed by atoms with E-state index in [1.807, 2.05) is 27.7 Å². The molecule has 1 fully saturated rings. The predicted octanol–water partition coefficient (Wildman–Crippen LogP) is 2.68. The Morgan fingerprint density at radius 2 is 2.21 bits per heavy atom. The van der Waals surface area contributed by atoms with Crippen molar-refractivity contribution < 1.29 is 9.53 Å². The maximum Gasteiger partial charge on any atom is 0.408 e. The van der Waals surface area contributed by atoms with E-state index in [4.69, 9.17) is 4.74 Å². The van der Waals surface area contributed by atoms with Gasteiger partial charge in [0.25, 0.3) is 0 Å². The van der Waals surface area contributed by atoms with Crippen molar-refractivity contribution in [1.29, 1.82) is 0 Å². The quantitative estimate of drug-likeness (QED) is 0.779. The average Bonchev–Trinajstić information content (AvgIpc) is 2.56. The second-order valence-electron chi connectivity index (χ2n) is 5.10. The zero-order valence-electron chi connectivity index (χ0n) is 9.19. The maximum absolute atomic E-state index is 11.4. The number of carbonyl (C=O) groups is 1. The number of hydrogen-bond donors (Lipinski definition) is 1. The van der Waals surface area contributed by atoms with Crippen molar-refractivity contribution in [2.75, 3.05) is 5.33 Å². The standard InChI is InChI=1S/C10H18BrNO2/c1-9(2,3)14-8(13)12-10(4)5-7(10)6-11/h7H,5-6H2,1-4H3,(H,12,13)/t7-,10-/m0/s1. The van der Waals surface area contributed by atoms with Gasteiger partial charge in [0.2, 0.25) is 0 Å². The molecule has 0 radical (unpaired) electrons. The van der Waals surface area contributed by atoms with E-state index in [1.165, 1.54) is 0 Å². The van der Waals surface area contributed by atoms with E-state index in [2.05, 4.69) is 21.2 Å². The highest BCUT2D eigenvalue weighted by atomic mass is 79.9. The first-order chi connectivity index (χ1) is 6.27. The molecule has 14 heavy (non-hydrogen) atoms. The minimum Gasteiger partial charge on any atom is -0.444 e. The normalized spacial score (nSPS) is 31.1. The topological polar surface area (TPSA) is 38.3 Å². The highest BCUT2D eigenvalue weighted by molar-refractivity contribution is 9.09. The average molecular weight is 264 g/mol. The first kappa shape index (κ1) is 11.8. The molecule has 0 aromatic carbocycles. The molecule has 4 heteroatoms. The summed E-state index contributed by atoms with van der Waals surface area (Å²) in [6.07, 6.45) is 0.709. The molecule has 0 heterocycles. The number of alkyl halides is 1. The van der Waals surface area contributed by atoms with Crippen molar-refractivity contribution in [2.45, 2.75) is 45.3 Å². The Balaban J connectivity index is 2.36. The van der Waals surface area contributed by atoms with Gasteiger partial charge in [0.15, 0.2) is 0 Å². The lowest BCUT2D eigenvalue weighted by molar-refractivity contribution is 0.0498. The lowest BCUT2D eigenvalue weighted by Crippen LogP contribution is -2.40. The van der Waals surface area contributed by atoms with Gasteiger partial charge in [-0.25, -0.2) is 4.79 Å². The summed E-state index contributed by atoms with van der Waals surface area (Å²) in [5.74, 6) is 0.537. The Kier molecular flexibility index (Phi) is 3.14. The van der Waals surface area contributed by atoms with Crippen LogP contribution in [0.15, 0.2) is 0 Å². The fourth-order valence-corrected chi connectivity index (χ4v) is 2.31. The van der Waals surface area contributed by atoms with Crippen LogP contribution in [0.1, 0.15) is 34.1 Å². The molecule has 3 nitrogen and oxygen atoms in total. The van der Waals surface area contributed by atoms with E-state index in [-0.39, 0.29) is 11.6 Å². The van der Waals surface area contributed by atoms with Crippen LogP contribution in [-0.4, -0.2) is 22.6 Å². The fraction of sp³-hybridized carbons (Fsp3) is 0.900. The summed E-state index contributed by atoms with van der Waals surface area (Å²) in [5.41, 5.74) is -0.481. The zero-order valence-corrected chi connectivity index (χ0v) is 10.8. The third kappa shape index (κ3) is 3.15. The van der Waals surface area contributed by atoms with Gasteiger partial charge in [0.1, 0.15) is 5.60 Å². The van der Waals surface area contributed by atoms with E-state index >= 15 is 0 Å². The Hall–Kier alpha value is -0.250. The molecule has 0 bridgehead atoms. The van der Waals surface area contributed by atoms with E-state index in [0.717, 1.165) is 11.8 Å². The molecule has 1 rings (SSSR count). The highest BCUT2D eigenvalue weighted by Crippen LogP contribution is 2.44. The molecule has 1 aliphatic rings. The summed E-state index contributed by atoms with van der Waals surface area (Å²) >= 11 is 3.41. The minimum atomic E-state index is -0.417. The van der Waals surface area contributed by atoms with Gasteiger partial charge in [-0.05, 0) is 40.0 Å². The lowest BCUT2D eigenvalue weighted by Gasteiger charge is -2.22. The van der Waals surface area contributed by atoms with Crippen molar-refractivity contribution in [1.82, 2.24) is 5.32 Å². The Morgan fingerprint density at radius 3 is 2.57 bits per heavy atom. The van der Waals surface area contributed by atoms with Crippen LogP contribution in [0.3, 0.4) is 0 Å². The molecule has 0 unspecified atom stereocenters. The van der Waals surface area contributed by atoms with E-state index in [0.29, 0.717) is 5.92 Å². The van der Waals surface area contributed by atoms with Crippen molar-refractivity contribution >= 4 is 22.0 Å². The number of amides is 1. The third-order valence-corrected chi connectivity index (χ3v) is 3.17. The summed E-state index contributed by atoms with van der Waals surface area (Å²) in [4.78, 5) is 11.4.